The van der Waals surface area contributed by atoms with Crippen molar-refractivity contribution in [2.75, 3.05) is 0 Å². The summed E-state index contributed by atoms with van der Waals surface area (Å²) < 4.78 is 12.6. The second-order valence-corrected chi connectivity index (χ2v) is 3.28. The largest absolute Gasteiger partial charge is 0.240 e. The number of hydrogen-bond donors (Lipinski definition) is 0. The third kappa shape index (κ3) is 1.38. The standard InChI is InChI=1S/C5H10FP/c6-5(7)3-1-2-4-5/h1-4,7H2. The van der Waals surface area contributed by atoms with E-state index >= 15 is 0 Å². The Labute approximate surface area is 45.7 Å². The Morgan fingerprint density at radius 1 is 1.29 bits per heavy atom. The first kappa shape index (κ1) is 5.50. The van der Waals surface area contributed by atoms with Gasteiger partial charge in [-0.3, -0.25) is 0 Å². The summed E-state index contributed by atoms with van der Waals surface area (Å²) in [4.78, 5) is 0. The molecule has 1 rings (SSSR count). The van der Waals surface area contributed by atoms with E-state index in [1.54, 1.807) is 0 Å². The van der Waals surface area contributed by atoms with Gasteiger partial charge in [0.25, 0.3) is 0 Å². The maximum absolute atomic E-state index is 12.6. The van der Waals surface area contributed by atoms with Crippen molar-refractivity contribution in [2.45, 2.75) is 31.1 Å². The first-order valence-electron chi connectivity index (χ1n) is 2.68. The average molecular weight is 120 g/mol. The van der Waals surface area contributed by atoms with Crippen LogP contribution < -0.4 is 0 Å². The van der Waals surface area contributed by atoms with Crippen molar-refractivity contribution in [1.82, 2.24) is 0 Å². The van der Waals surface area contributed by atoms with Crippen LogP contribution in [0.2, 0.25) is 0 Å². The Morgan fingerprint density at radius 2 is 1.71 bits per heavy atom. The van der Waals surface area contributed by atoms with E-state index in [-0.39, 0.29) is 0 Å². The van der Waals surface area contributed by atoms with Crippen LogP contribution in [-0.4, -0.2) is 5.41 Å². The molecule has 0 aromatic rings. The highest BCUT2D eigenvalue weighted by atomic mass is 31.0. The summed E-state index contributed by atoms with van der Waals surface area (Å²) in [6, 6.07) is 0. The fraction of sp³-hybridized carbons (Fsp3) is 1.00. The summed E-state index contributed by atoms with van der Waals surface area (Å²) in [5, 5.41) is -0.889. The number of hydrogen-bond acceptors (Lipinski definition) is 0. The molecule has 42 valence electrons. The molecule has 1 aliphatic carbocycles. The topological polar surface area (TPSA) is 0 Å². The van der Waals surface area contributed by atoms with E-state index < -0.39 is 5.41 Å². The van der Waals surface area contributed by atoms with Crippen LogP contribution in [0.3, 0.4) is 0 Å². The average Bonchev–Trinajstić information content (AvgIpc) is 1.84. The van der Waals surface area contributed by atoms with Gasteiger partial charge in [-0.05, 0) is 25.7 Å². The van der Waals surface area contributed by atoms with E-state index in [9.17, 15) is 4.39 Å². The van der Waals surface area contributed by atoms with Crippen molar-refractivity contribution in [3.05, 3.63) is 0 Å². The SMILES string of the molecule is FC1(P)CCCC1. The highest BCUT2D eigenvalue weighted by Gasteiger charge is 2.27. The van der Waals surface area contributed by atoms with Crippen LogP contribution in [0.4, 0.5) is 4.39 Å². The van der Waals surface area contributed by atoms with Crippen molar-refractivity contribution in [3.8, 4) is 0 Å². The zero-order chi connectivity index (χ0) is 5.33. The Hall–Kier alpha value is 0.360. The molecule has 0 aliphatic heterocycles. The van der Waals surface area contributed by atoms with Gasteiger partial charge in [0.2, 0.25) is 0 Å². The van der Waals surface area contributed by atoms with Crippen molar-refractivity contribution < 1.29 is 4.39 Å². The second-order valence-electron chi connectivity index (χ2n) is 2.24. The molecule has 0 amide bonds. The zero-order valence-electron chi connectivity index (χ0n) is 4.28. The smallest absolute Gasteiger partial charge is 0.123 e. The summed E-state index contributed by atoms with van der Waals surface area (Å²) in [6.45, 7) is 0. The molecule has 2 heteroatoms. The van der Waals surface area contributed by atoms with Gasteiger partial charge in [0.05, 0.1) is 0 Å². The quantitative estimate of drug-likeness (QED) is 0.429. The lowest BCUT2D eigenvalue weighted by molar-refractivity contribution is 0.296. The monoisotopic (exact) mass is 120 g/mol. The van der Waals surface area contributed by atoms with Crippen LogP contribution in [0.1, 0.15) is 25.7 Å². The second kappa shape index (κ2) is 1.70. The van der Waals surface area contributed by atoms with Gasteiger partial charge in [0.1, 0.15) is 5.41 Å². The molecule has 1 unspecified atom stereocenters. The summed E-state index contributed by atoms with van der Waals surface area (Å²) in [7, 11) is 2.26. The molecule has 0 nitrogen and oxygen atoms in total. The lowest BCUT2D eigenvalue weighted by atomic mass is 10.3. The lowest BCUT2D eigenvalue weighted by Crippen LogP contribution is -2.03. The van der Waals surface area contributed by atoms with Gasteiger partial charge in [-0.1, -0.05) is 9.24 Å². The maximum atomic E-state index is 12.6. The molecule has 7 heavy (non-hydrogen) atoms. The highest BCUT2D eigenvalue weighted by Crippen LogP contribution is 2.38. The van der Waals surface area contributed by atoms with Crippen LogP contribution in [0, 0.1) is 0 Å². The third-order valence-corrected chi connectivity index (χ3v) is 2.01. The van der Waals surface area contributed by atoms with Crippen LogP contribution in [0.15, 0.2) is 0 Å². The predicted molar refractivity (Wildman–Crippen MR) is 32.0 cm³/mol. The van der Waals surface area contributed by atoms with Gasteiger partial charge in [-0.2, -0.15) is 0 Å². The molecule has 0 bridgehead atoms. The summed E-state index contributed by atoms with van der Waals surface area (Å²) in [5.74, 6) is 0. The van der Waals surface area contributed by atoms with E-state index in [0.717, 1.165) is 25.7 Å². The molecule has 0 N–H and O–H groups in total. The molecule has 0 radical (unpaired) electrons. The highest BCUT2D eigenvalue weighted by molar-refractivity contribution is 7.18. The van der Waals surface area contributed by atoms with Gasteiger partial charge in [-0.25, -0.2) is 4.39 Å². The minimum atomic E-state index is -0.889. The van der Waals surface area contributed by atoms with Crippen LogP contribution in [0.5, 0.6) is 0 Å². The van der Waals surface area contributed by atoms with Gasteiger partial charge >= 0.3 is 0 Å². The summed E-state index contributed by atoms with van der Waals surface area (Å²) in [5.41, 5.74) is 0. The number of halogens is 1. The Kier molecular flexibility index (Phi) is 1.34. The third-order valence-electron chi connectivity index (χ3n) is 1.43. The molecular formula is C5H10FP. The normalized spacial score (nSPS) is 28.3. The minimum Gasteiger partial charge on any atom is -0.240 e. The van der Waals surface area contributed by atoms with Gasteiger partial charge in [0, 0.05) is 0 Å². The first-order chi connectivity index (χ1) is 3.21. The zero-order valence-corrected chi connectivity index (χ0v) is 5.44. The van der Waals surface area contributed by atoms with Crippen LogP contribution in [-0.2, 0) is 0 Å². The molecular weight excluding hydrogens is 110 g/mol. The summed E-state index contributed by atoms with van der Waals surface area (Å²) in [6.07, 6.45) is 3.63. The molecule has 1 saturated carbocycles. The van der Waals surface area contributed by atoms with E-state index in [0.29, 0.717) is 0 Å². The van der Waals surface area contributed by atoms with Crippen molar-refractivity contribution in [2.24, 2.45) is 0 Å². The van der Waals surface area contributed by atoms with Crippen molar-refractivity contribution >= 4 is 9.24 Å². The summed E-state index contributed by atoms with van der Waals surface area (Å²) >= 11 is 0. The lowest BCUT2D eigenvalue weighted by Gasteiger charge is -2.08. The van der Waals surface area contributed by atoms with Crippen molar-refractivity contribution in [3.63, 3.8) is 0 Å². The van der Waals surface area contributed by atoms with E-state index in [2.05, 4.69) is 9.24 Å². The predicted octanol–water partition coefficient (Wildman–Crippen LogP) is 2.10. The molecule has 0 heterocycles. The van der Waals surface area contributed by atoms with Crippen LogP contribution in [0.25, 0.3) is 0 Å². The molecule has 0 saturated heterocycles. The minimum absolute atomic E-state index is 0.748. The molecule has 0 aromatic heterocycles. The van der Waals surface area contributed by atoms with Crippen molar-refractivity contribution in [1.29, 1.82) is 0 Å². The molecule has 1 atom stereocenters. The Balaban J connectivity index is 2.40. The molecule has 0 aromatic carbocycles. The Bertz CT molecular complexity index is 62.5. The number of alkyl halides is 1. The Morgan fingerprint density at radius 3 is 1.86 bits per heavy atom. The molecule has 1 aliphatic rings. The van der Waals surface area contributed by atoms with Gasteiger partial charge in [-0.15, -0.1) is 0 Å². The van der Waals surface area contributed by atoms with Crippen LogP contribution >= 0.6 is 9.24 Å². The van der Waals surface area contributed by atoms with E-state index in [4.69, 9.17) is 0 Å². The fourth-order valence-electron chi connectivity index (χ4n) is 0.963. The van der Waals surface area contributed by atoms with Gasteiger partial charge < -0.3 is 0 Å². The van der Waals surface area contributed by atoms with Gasteiger partial charge in [0.15, 0.2) is 0 Å². The first-order valence-corrected chi connectivity index (χ1v) is 3.26. The number of rotatable bonds is 0. The fourth-order valence-corrected chi connectivity index (χ4v) is 1.37. The molecule has 0 spiro atoms. The molecule has 1 fully saturated rings. The maximum Gasteiger partial charge on any atom is 0.123 e. The van der Waals surface area contributed by atoms with E-state index in [1.807, 2.05) is 0 Å². The van der Waals surface area contributed by atoms with E-state index in [1.165, 1.54) is 0 Å².